The second-order valence-electron chi connectivity index (χ2n) is 5.27. The summed E-state index contributed by atoms with van der Waals surface area (Å²) >= 11 is 4.76. The van der Waals surface area contributed by atoms with Gasteiger partial charge in [0.2, 0.25) is 5.91 Å². The molecular weight excluding hydrogens is 368 g/mol. The van der Waals surface area contributed by atoms with Crippen LogP contribution < -0.4 is 10.1 Å². The number of benzene rings is 1. The van der Waals surface area contributed by atoms with Gasteiger partial charge >= 0.3 is 0 Å². The molecule has 2 rings (SSSR count). The van der Waals surface area contributed by atoms with Crippen LogP contribution in [0, 0.1) is 0 Å². The van der Waals surface area contributed by atoms with E-state index in [2.05, 4.69) is 26.2 Å². The highest BCUT2D eigenvalue weighted by molar-refractivity contribution is 9.10. The molecule has 0 aliphatic carbocycles. The van der Waals surface area contributed by atoms with Crippen LogP contribution in [0.1, 0.15) is 20.3 Å². The van der Waals surface area contributed by atoms with Gasteiger partial charge in [0.1, 0.15) is 5.75 Å². The molecule has 1 N–H and O–H groups in total. The molecule has 0 radical (unpaired) electrons. The van der Waals surface area contributed by atoms with Gasteiger partial charge in [0.25, 0.3) is 0 Å². The number of amides is 1. The number of anilines is 1. The number of hydrogen-bond acceptors (Lipinski definition) is 5. The van der Waals surface area contributed by atoms with Gasteiger partial charge in [-0.05, 0) is 32.0 Å². The number of carbonyl (C=O) groups is 1. The van der Waals surface area contributed by atoms with Crippen molar-refractivity contribution in [2.24, 2.45) is 0 Å². The van der Waals surface area contributed by atoms with Gasteiger partial charge in [-0.25, -0.2) is 4.98 Å². The summed E-state index contributed by atoms with van der Waals surface area (Å²) in [5.74, 6) is 0.675. The van der Waals surface area contributed by atoms with Crippen LogP contribution in [0.5, 0.6) is 5.75 Å². The molecule has 1 aromatic carbocycles. The van der Waals surface area contributed by atoms with Gasteiger partial charge in [0.15, 0.2) is 5.13 Å². The minimum atomic E-state index is -0.625. The Kier molecular flexibility index (Phi) is 5.77. The monoisotopic (exact) mass is 386 g/mol. The van der Waals surface area contributed by atoms with Crippen molar-refractivity contribution in [1.29, 1.82) is 0 Å². The standard InChI is InChI=1S/C15H19BrN2O3S/c1-15(2,16)13(19)18-14-17-11-6-5-10(9-12(11)22-14)21-8-4-7-20-3/h5-6,9H,4,7-8H2,1-3H3,(H,17,18,19). The summed E-state index contributed by atoms with van der Waals surface area (Å²) in [6, 6.07) is 5.72. The van der Waals surface area contributed by atoms with E-state index in [1.807, 2.05) is 18.2 Å². The Balaban J connectivity index is 2.05. The zero-order valence-electron chi connectivity index (χ0n) is 12.8. The summed E-state index contributed by atoms with van der Waals surface area (Å²) in [5.41, 5.74) is 0.844. The van der Waals surface area contributed by atoms with E-state index < -0.39 is 4.32 Å². The predicted molar refractivity (Wildman–Crippen MR) is 93.2 cm³/mol. The third-order valence-electron chi connectivity index (χ3n) is 2.88. The molecule has 1 aromatic heterocycles. The molecule has 0 atom stereocenters. The Morgan fingerprint density at radius 3 is 2.86 bits per heavy atom. The summed E-state index contributed by atoms with van der Waals surface area (Å²) in [6.45, 7) is 4.88. The van der Waals surface area contributed by atoms with Crippen molar-refractivity contribution in [1.82, 2.24) is 4.98 Å². The molecular formula is C15H19BrN2O3S. The number of halogens is 1. The van der Waals surface area contributed by atoms with Gasteiger partial charge in [0, 0.05) is 20.1 Å². The Bertz CT molecular complexity index is 652. The SMILES string of the molecule is COCCCOc1ccc2nc(NC(=O)C(C)(C)Br)sc2c1. The molecule has 0 unspecified atom stereocenters. The molecule has 2 aromatic rings. The summed E-state index contributed by atoms with van der Waals surface area (Å²) in [6.07, 6.45) is 0.846. The number of alkyl halides is 1. The van der Waals surface area contributed by atoms with Crippen molar-refractivity contribution >= 4 is 48.5 Å². The largest absolute Gasteiger partial charge is 0.493 e. The molecule has 5 nitrogen and oxygen atoms in total. The summed E-state index contributed by atoms with van der Waals surface area (Å²) in [4.78, 5) is 16.4. The van der Waals surface area contributed by atoms with Crippen LogP contribution in [0.25, 0.3) is 10.2 Å². The van der Waals surface area contributed by atoms with Crippen molar-refractivity contribution in [2.45, 2.75) is 24.6 Å². The first-order valence-corrected chi connectivity index (χ1v) is 8.54. The van der Waals surface area contributed by atoms with Crippen LogP contribution in [0.15, 0.2) is 18.2 Å². The quantitative estimate of drug-likeness (QED) is 0.580. The maximum absolute atomic E-state index is 12.0. The van der Waals surface area contributed by atoms with Crippen molar-refractivity contribution in [3.05, 3.63) is 18.2 Å². The molecule has 22 heavy (non-hydrogen) atoms. The van der Waals surface area contributed by atoms with Gasteiger partial charge in [-0.1, -0.05) is 27.3 Å². The van der Waals surface area contributed by atoms with E-state index in [1.165, 1.54) is 11.3 Å². The molecule has 1 heterocycles. The highest BCUT2D eigenvalue weighted by atomic mass is 79.9. The molecule has 120 valence electrons. The average molecular weight is 387 g/mol. The van der Waals surface area contributed by atoms with E-state index in [9.17, 15) is 4.79 Å². The van der Waals surface area contributed by atoms with E-state index in [1.54, 1.807) is 21.0 Å². The number of rotatable bonds is 7. The number of thiazole rings is 1. The van der Waals surface area contributed by atoms with Crippen molar-refractivity contribution < 1.29 is 14.3 Å². The number of carbonyl (C=O) groups excluding carboxylic acids is 1. The van der Waals surface area contributed by atoms with Crippen LogP contribution >= 0.6 is 27.3 Å². The average Bonchev–Trinajstić information content (AvgIpc) is 2.84. The lowest BCUT2D eigenvalue weighted by Gasteiger charge is -2.13. The normalized spacial score (nSPS) is 11.6. The first-order chi connectivity index (χ1) is 10.4. The second kappa shape index (κ2) is 7.39. The fraction of sp³-hybridized carbons (Fsp3) is 0.467. The molecule has 7 heteroatoms. The molecule has 0 saturated carbocycles. The minimum Gasteiger partial charge on any atom is -0.493 e. The molecule has 0 aliphatic rings. The van der Waals surface area contributed by atoms with Crippen LogP contribution in [0.4, 0.5) is 5.13 Å². The van der Waals surface area contributed by atoms with Crippen LogP contribution in [0.2, 0.25) is 0 Å². The summed E-state index contributed by atoms with van der Waals surface area (Å²) < 4.78 is 11.0. The molecule has 0 spiro atoms. The van der Waals surface area contributed by atoms with Crippen molar-refractivity contribution in [3.63, 3.8) is 0 Å². The van der Waals surface area contributed by atoms with Gasteiger partial charge in [-0.2, -0.15) is 0 Å². The van der Waals surface area contributed by atoms with E-state index in [0.717, 1.165) is 22.4 Å². The zero-order valence-corrected chi connectivity index (χ0v) is 15.2. The lowest BCUT2D eigenvalue weighted by molar-refractivity contribution is -0.117. The molecule has 0 aliphatic heterocycles. The molecule has 1 amide bonds. The topological polar surface area (TPSA) is 60.5 Å². The van der Waals surface area contributed by atoms with Crippen LogP contribution in [-0.2, 0) is 9.53 Å². The summed E-state index contributed by atoms with van der Waals surface area (Å²) in [5, 5.41) is 3.40. The Labute approximate surface area is 142 Å². The first-order valence-electron chi connectivity index (χ1n) is 6.93. The number of fused-ring (bicyclic) bond motifs is 1. The van der Waals surface area contributed by atoms with Gasteiger partial charge in [-0.15, -0.1) is 0 Å². The third-order valence-corrected chi connectivity index (χ3v) is 4.18. The Morgan fingerprint density at radius 2 is 2.18 bits per heavy atom. The van der Waals surface area contributed by atoms with Gasteiger partial charge < -0.3 is 14.8 Å². The van der Waals surface area contributed by atoms with Crippen LogP contribution in [0.3, 0.4) is 0 Å². The predicted octanol–water partition coefficient (Wildman–Crippen LogP) is 3.82. The zero-order chi connectivity index (χ0) is 16.2. The van der Waals surface area contributed by atoms with E-state index >= 15 is 0 Å². The number of nitrogens with one attached hydrogen (secondary N) is 1. The van der Waals surface area contributed by atoms with E-state index in [-0.39, 0.29) is 5.91 Å². The fourth-order valence-electron chi connectivity index (χ4n) is 1.69. The lowest BCUT2D eigenvalue weighted by Crippen LogP contribution is -2.30. The minimum absolute atomic E-state index is 0.123. The van der Waals surface area contributed by atoms with Gasteiger partial charge in [0.05, 0.1) is 21.1 Å². The molecule has 0 bridgehead atoms. The van der Waals surface area contributed by atoms with Crippen LogP contribution in [-0.4, -0.2) is 35.5 Å². The van der Waals surface area contributed by atoms with Crippen molar-refractivity contribution in [2.75, 3.05) is 25.6 Å². The Morgan fingerprint density at radius 1 is 1.41 bits per heavy atom. The third kappa shape index (κ3) is 4.66. The van der Waals surface area contributed by atoms with E-state index in [0.29, 0.717) is 18.3 Å². The number of ether oxygens (including phenoxy) is 2. The maximum Gasteiger partial charge on any atom is 0.242 e. The number of nitrogens with zero attached hydrogens (tertiary/aromatic N) is 1. The number of hydrogen-bond donors (Lipinski definition) is 1. The highest BCUT2D eigenvalue weighted by Crippen LogP contribution is 2.30. The second-order valence-corrected chi connectivity index (χ2v) is 8.28. The summed E-state index contributed by atoms with van der Waals surface area (Å²) in [7, 11) is 1.67. The lowest BCUT2D eigenvalue weighted by atomic mass is 10.2. The van der Waals surface area contributed by atoms with Crippen molar-refractivity contribution in [3.8, 4) is 5.75 Å². The maximum atomic E-state index is 12.0. The van der Waals surface area contributed by atoms with Gasteiger partial charge in [-0.3, -0.25) is 4.79 Å². The van der Waals surface area contributed by atoms with E-state index in [4.69, 9.17) is 9.47 Å². The number of aromatic nitrogens is 1. The smallest absolute Gasteiger partial charge is 0.242 e. The fourth-order valence-corrected chi connectivity index (χ4v) is 2.68. The highest BCUT2D eigenvalue weighted by Gasteiger charge is 2.24. The number of methoxy groups -OCH3 is 1. The molecule has 0 fully saturated rings. The Hall–Kier alpha value is -1.18. The first kappa shape index (κ1) is 17.2. The molecule has 0 saturated heterocycles.